The molecule has 0 bridgehead atoms. The summed E-state index contributed by atoms with van der Waals surface area (Å²) in [5, 5.41) is 0. The molecule has 3 rings (SSSR count). The summed E-state index contributed by atoms with van der Waals surface area (Å²) in [6.07, 6.45) is 1.10. The first-order chi connectivity index (χ1) is 14.3. The number of carbonyl (C=O) groups excluding carboxylic acids is 2. The van der Waals surface area contributed by atoms with Crippen molar-refractivity contribution >= 4 is 21.8 Å². The maximum absolute atomic E-state index is 12.9. The molecule has 0 aliphatic carbocycles. The summed E-state index contributed by atoms with van der Waals surface area (Å²) in [6.45, 7) is 2.30. The van der Waals surface area contributed by atoms with Crippen LogP contribution in [0.1, 0.15) is 28.8 Å². The maximum atomic E-state index is 12.9. The number of para-hydroxylation sites is 1. The number of nitrogens with one attached hydrogen (secondary N) is 2. The van der Waals surface area contributed by atoms with Crippen molar-refractivity contribution in [1.29, 1.82) is 0 Å². The predicted octanol–water partition coefficient (Wildman–Crippen LogP) is 1.87. The third kappa shape index (κ3) is 4.80. The van der Waals surface area contributed by atoms with Gasteiger partial charge in [0.05, 0.1) is 23.5 Å². The molecule has 9 heteroatoms. The van der Waals surface area contributed by atoms with Gasteiger partial charge in [-0.3, -0.25) is 20.4 Å². The van der Waals surface area contributed by atoms with Crippen molar-refractivity contribution < 1.29 is 22.7 Å². The lowest BCUT2D eigenvalue weighted by Crippen LogP contribution is -2.50. The average Bonchev–Trinajstić information content (AvgIpc) is 2.77. The van der Waals surface area contributed by atoms with Crippen molar-refractivity contribution in [2.24, 2.45) is 5.92 Å². The molecule has 0 aromatic heterocycles. The van der Waals surface area contributed by atoms with Crippen LogP contribution in [-0.2, 0) is 14.8 Å². The van der Waals surface area contributed by atoms with E-state index in [2.05, 4.69) is 10.9 Å². The Morgan fingerprint density at radius 1 is 1.07 bits per heavy atom. The van der Waals surface area contributed by atoms with Crippen molar-refractivity contribution in [3.8, 4) is 5.75 Å². The summed E-state index contributed by atoms with van der Waals surface area (Å²) in [5.74, 6) is -1.11. The summed E-state index contributed by atoms with van der Waals surface area (Å²) in [4.78, 5) is 25.1. The predicted molar refractivity (Wildman–Crippen MR) is 111 cm³/mol. The van der Waals surface area contributed by atoms with E-state index in [-0.39, 0.29) is 17.0 Å². The second-order valence-corrected chi connectivity index (χ2v) is 9.10. The third-order valence-electron chi connectivity index (χ3n) is 5.06. The van der Waals surface area contributed by atoms with E-state index < -0.39 is 27.8 Å². The van der Waals surface area contributed by atoms with Gasteiger partial charge < -0.3 is 4.74 Å². The molecule has 2 aromatic carbocycles. The summed E-state index contributed by atoms with van der Waals surface area (Å²) in [5.41, 5.74) is 6.03. The average molecular weight is 432 g/mol. The Morgan fingerprint density at radius 2 is 1.77 bits per heavy atom. The van der Waals surface area contributed by atoms with E-state index in [1.54, 1.807) is 48.5 Å². The number of amides is 2. The molecule has 2 aromatic rings. The van der Waals surface area contributed by atoms with Gasteiger partial charge in [0.25, 0.3) is 5.91 Å². The molecule has 1 heterocycles. The lowest BCUT2D eigenvalue weighted by atomic mass is 9.99. The van der Waals surface area contributed by atoms with Gasteiger partial charge in [0, 0.05) is 13.1 Å². The van der Waals surface area contributed by atoms with Crippen molar-refractivity contribution in [3.05, 3.63) is 59.7 Å². The standard InChI is InChI=1S/C21H25N3O5S/c1-15-9-11-17(12-10-15)30(27,28)24-13-5-6-16(14-24)20(25)22-23-21(26)18-7-3-4-8-19(18)29-2/h3-4,7-12,16H,5-6,13-14H2,1-2H3,(H,22,25)(H,23,26)/t16-/m1/s1. The zero-order chi connectivity index (χ0) is 21.7. The van der Waals surface area contributed by atoms with Crippen LogP contribution >= 0.6 is 0 Å². The van der Waals surface area contributed by atoms with Crippen LogP contribution in [0.25, 0.3) is 0 Å². The van der Waals surface area contributed by atoms with Gasteiger partial charge in [-0.15, -0.1) is 0 Å². The first kappa shape index (κ1) is 21.8. The van der Waals surface area contributed by atoms with Crippen molar-refractivity contribution in [2.75, 3.05) is 20.2 Å². The van der Waals surface area contributed by atoms with E-state index in [1.165, 1.54) is 11.4 Å². The molecule has 1 aliphatic rings. The van der Waals surface area contributed by atoms with Crippen LogP contribution < -0.4 is 15.6 Å². The minimum absolute atomic E-state index is 0.0621. The smallest absolute Gasteiger partial charge is 0.273 e. The van der Waals surface area contributed by atoms with Crippen LogP contribution in [0.3, 0.4) is 0 Å². The number of ether oxygens (including phenoxy) is 1. The van der Waals surface area contributed by atoms with Crippen LogP contribution in [0.4, 0.5) is 0 Å². The highest BCUT2D eigenvalue weighted by molar-refractivity contribution is 7.89. The molecule has 1 fully saturated rings. The second kappa shape index (κ2) is 9.27. The number of hydrogen-bond acceptors (Lipinski definition) is 5. The topological polar surface area (TPSA) is 105 Å². The number of methoxy groups -OCH3 is 1. The number of sulfonamides is 1. The molecule has 30 heavy (non-hydrogen) atoms. The molecule has 0 saturated carbocycles. The summed E-state index contributed by atoms with van der Waals surface area (Å²) < 4.78 is 32.3. The van der Waals surface area contributed by atoms with Gasteiger partial charge in [-0.2, -0.15) is 4.31 Å². The van der Waals surface area contributed by atoms with E-state index in [4.69, 9.17) is 4.74 Å². The van der Waals surface area contributed by atoms with E-state index in [0.717, 1.165) is 5.56 Å². The molecule has 2 N–H and O–H groups in total. The molecular weight excluding hydrogens is 406 g/mol. The monoisotopic (exact) mass is 431 g/mol. The molecular formula is C21H25N3O5S. The van der Waals surface area contributed by atoms with Crippen LogP contribution in [0, 0.1) is 12.8 Å². The fraction of sp³-hybridized carbons (Fsp3) is 0.333. The number of aryl methyl sites for hydroxylation is 1. The number of piperidine rings is 1. The first-order valence-corrected chi connectivity index (χ1v) is 11.1. The number of nitrogens with zero attached hydrogens (tertiary/aromatic N) is 1. The van der Waals surface area contributed by atoms with E-state index in [9.17, 15) is 18.0 Å². The van der Waals surface area contributed by atoms with Gasteiger partial charge in [-0.1, -0.05) is 29.8 Å². The van der Waals surface area contributed by atoms with Crippen LogP contribution in [0.2, 0.25) is 0 Å². The fourth-order valence-electron chi connectivity index (χ4n) is 3.35. The Bertz CT molecular complexity index is 1020. The van der Waals surface area contributed by atoms with Gasteiger partial charge >= 0.3 is 0 Å². The molecule has 1 aliphatic heterocycles. The van der Waals surface area contributed by atoms with E-state index in [0.29, 0.717) is 25.1 Å². The first-order valence-electron chi connectivity index (χ1n) is 9.63. The van der Waals surface area contributed by atoms with Crippen LogP contribution in [0.15, 0.2) is 53.4 Å². The highest BCUT2D eigenvalue weighted by atomic mass is 32.2. The number of carbonyl (C=O) groups is 2. The number of hydrogen-bond donors (Lipinski definition) is 2. The molecule has 0 radical (unpaired) electrons. The summed E-state index contributed by atoms with van der Waals surface area (Å²) >= 11 is 0. The summed E-state index contributed by atoms with van der Waals surface area (Å²) in [7, 11) is -2.22. The number of benzene rings is 2. The lowest BCUT2D eigenvalue weighted by Gasteiger charge is -2.31. The van der Waals surface area contributed by atoms with Crippen LogP contribution in [-0.4, -0.2) is 44.7 Å². The molecule has 0 unspecified atom stereocenters. The van der Waals surface area contributed by atoms with Crippen molar-refractivity contribution in [1.82, 2.24) is 15.2 Å². The zero-order valence-electron chi connectivity index (χ0n) is 16.9. The Morgan fingerprint density at radius 3 is 2.47 bits per heavy atom. The van der Waals surface area contributed by atoms with Gasteiger partial charge in [0.2, 0.25) is 15.9 Å². The number of hydrazine groups is 1. The van der Waals surface area contributed by atoms with Gasteiger partial charge in [0.15, 0.2) is 0 Å². The quantitative estimate of drug-likeness (QED) is 0.703. The minimum atomic E-state index is -3.68. The second-order valence-electron chi connectivity index (χ2n) is 7.16. The molecule has 1 atom stereocenters. The maximum Gasteiger partial charge on any atom is 0.273 e. The fourth-order valence-corrected chi connectivity index (χ4v) is 4.88. The molecule has 1 saturated heterocycles. The highest BCUT2D eigenvalue weighted by Gasteiger charge is 2.33. The van der Waals surface area contributed by atoms with Crippen LogP contribution in [0.5, 0.6) is 5.75 Å². The molecule has 8 nitrogen and oxygen atoms in total. The molecule has 160 valence electrons. The Balaban J connectivity index is 1.63. The van der Waals surface area contributed by atoms with Gasteiger partial charge in [-0.25, -0.2) is 8.42 Å². The molecule has 0 spiro atoms. The number of rotatable bonds is 5. The van der Waals surface area contributed by atoms with Crippen molar-refractivity contribution in [2.45, 2.75) is 24.7 Å². The van der Waals surface area contributed by atoms with Gasteiger partial charge in [-0.05, 0) is 44.0 Å². The highest BCUT2D eigenvalue weighted by Crippen LogP contribution is 2.24. The lowest BCUT2D eigenvalue weighted by molar-refractivity contribution is -0.126. The Hall–Kier alpha value is -2.91. The SMILES string of the molecule is COc1ccccc1C(=O)NNC(=O)[C@@H]1CCCN(S(=O)(=O)c2ccc(C)cc2)C1. The van der Waals surface area contributed by atoms with E-state index in [1.807, 2.05) is 6.92 Å². The normalized spacial score (nSPS) is 17.2. The third-order valence-corrected chi connectivity index (χ3v) is 6.94. The minimum Gasteiger partial charge on any atom is -0.496 e. The Kier molecular flexibility index (Phi) is 6.73. The van der Waals surface area contributed by atoms with Crippen molar-refractivity contribution in [3.63, 3.8) is 0 Å². The summed E-state index contributed by atoms with van der Waals surface area (Å²) in [6, 6.07) is 13.3. The largest absolute Gasteiger partial charge is 0.496 e. The van der Waals surface area contributed by atoms with E-state index >= 15 is 0 Å². The zero-order valence-corrected chi connectivity index (χ0v) is 17.7. The molecule has 2 amide bonds. The van der Waals surface area contributed by atoms with Gasteiger partial charge in [0.1, 0.15) is 5.75 Å². The Labute approximate surface area is 176 Å².